The average Bonchev–Trinajstić information content (AvgIpc) is 3.40. The maximum Gasteiger partial charge on any atom is 0.352 e. The molecule has 2 aliphatic heterocycles. The normalized spacial score (nSPS) is 20.6. The van der Waals surface area contributed by atoms with Crippen LogP contribution in [0.4, 0.5) is 5.13 Å². The molecule has 14 heteroatoms. The smallest absolute Gasteiger partial charge is 0.352 e. The second-order valence-corrected chi connectivity index (χ2v) is 9.75. The Hall–Kier alpha value is -3.23. The minimum atomic E-state index is -1.21. The molecule has 11 nitrogen and oxygen atoms in total. The Morgan fingerprint density at radius 2 is 2.18 bits per heavy atom. The highest BCUT2D eigenvalue weighted by molar-refractivity contribution is 8.00. The molecule has 0 spiro atoms. The van der Waals surface area contributed by atoms with E-state index >= 15 is 0 Å². The number of aryl methyl sites for hydroxylation is 1. The van der Waals surface area contributed by atoms with Crippen LogP contribution in [0.2, 0.25) is 0 Å². The van der Waals surface area contributed by atoms with Gasteiger partial charge in [0.2, 0.25) is 0 Å². The third-order valence-corrected chi connectivity index (χ3v) is 7.74. The summed E-state index contributed by atoms with van der Waals surface area (Å²) in [6, 6.07) is -0.913. The predicted molar refractivity (Wildman–Crippen MR) is 126 cm³/mol. The first-order chi connectivity index (χ1) is 15.8. The number of hydrogen-bond acceptors (Lipinski definition) is 11. The van der Waals surface area contributed by atoms with Crippen LogP contribution in [0, 0.1) is 6.92 Å². The average molecular weight is 507 g/mol. The van der Waals surface area contributed by atoms with E-state index in [1.54, 1.807) is 23.0 Å². The standard InChI is InChI=1S/C19H18N6O5S3/c1-8-11(33-7-21-8)4-3-9-5-31-17-13(16(27)25(17)14(9)18(28)29)23-15(26)12(24-30-2)10-6-32-19(20)22-10/h3-4,6-7,13,17H,5H2,1-2H3,(H2,20,22)(H,23,26)(H,28,29)/b4-3+,24-12-/t13-,17-/m1/s1. The first kappa shape index (κ1) is 22.9. The number of rotatable bonds is 7. The molecule has 0 aromatic carbocycles. The number of carboxylic acids is 1. The Balaban J connectivity index is 1.54. The molecular weight excluding hydrogens is 488 g/mol. The number of nitrogens with zero attached hydrogens (tertiary/aromatic N) is 4. The summed E-state index contributed by atoms with van der Waals surface area (Å²) in [4.78, 5) is 52.7. The molecule has 172 valence electrons. The topological polar surface area (TPSA) is 160 Å². The number of amides is 2. The number of thioether (sulfide) groups is 1. The highest BCUT2D eigenvalue weighted by atomic mass is 32.2. The van der Waals surface area contributed by atoms with Gasteiger partial charge in [-0.3, -0.25) is 14.5 Å². The summed E-state index contributed by atoms with van der Waals surface area (Å²) < 4.78 is 0. The number of nitrogens with two attached hydrogens (primary N) is 1. The van der Waals surface area contributed by atoms with Crippen molar-refractivity contribution < 1.29 is 24.3 Å². The molecule has 0 radical (unpaired) electrons. The molecule has 2 aromatic heterocycles. The number of aromatic nitrogens is 2. The number of fused-ring (bicyclic) bond motifs is 1. The van der Waals surface area contributed by atoms with Gasteiger partial charge in [0.1, 0.15) is 29.9 Å². The fourth-order valence-corrected chi connectivity index (χ4v) is 5.88. The van der Waals surface area contributed by atoms with Crippen LogP contribution in [0.5, 0.6) is 0 Å². The Kier molecular flexibility index (Phi) is 6.49. The number of carbonyl (C=O) groups excluding carboxylic acids is 2. The van der Waals surface area contributed by atoms with Gasteiger partial charge in [-0.2, -0.15) is 0 Å². The van der Waals surface area contributed by atoms with Gasteiger partial charge in [0.25, 0.3) is 11.8 Å². The summed E-state index contributed by atoms with van der Waals surface area (Å²) >= 11 is 3.94. The SMILES string of the molecule is CO/N=C(\C(=O)N[C@@H]1C(=O)N2C(C(=O)O)=C(/C=C/c3scnc3C)CS[C@H]12)c1csc(N)n1. The first-order valence-corrected chi connectivity index (χ1v) is 12.2. The summed E-state index contributed by atoms with van der Waals surface area (Å²) in [7, 11) is 1.28. The van der Waals surface area contributed by atoms with Gasteiger partial charge < -0.3 is 21.0 Å². The lowest BCUT2D eigenvalue weighted by atomic mass is 10.0. The van der Waals surface area contributed by atoms with E-state index in [0.717, 1.165) is 21.9 Å². The number of carbonyl (C=O) groups is 3. The van der Waals surface area contributed by atoms with E-state index in [1.165, 1.54) is 35.1 Å². The molecule has 4 heterocycles. The summed E-state index contributed by atoms with van der Waals surface area (Å²) in [6.45, 7) is 1.86. The molecule has 2 aliphatic rings. The Bertz CT molecular complexity index is 1220. The van der Waals surface area contributed by atoms with Crippen molar-refractivity contribution in [2.24, 2.45) is 5.16 Å². The highest BCUT2D eigenvalue weighted by Crippen LogP contribution is 2.41. The Morgan fingerprint density at radius 1 is 1.39 bits per heavy atom. The van der Waals surface area contributed by atoms with Crippen molar-refractivity contribution in [1.82, 2.24) is 20.2 Å². The van der Waals surface area contributed by atoms with Gasteiger partial charge in [-0.25, -0.2) is 14.8 Å². The first-order valence-electron chi connectivity index (χ1n) is 9.44. The number of anilines is 1. The van der Waals surface area contributed by atoms with Crippen molar-refractivity contribution in [3.8, 4) is 0 Å². The van der Waals surface area contributed by atoms with Gasteiger partial charge in [-0.1, -0.05) is 11.2 Å². The second kappa shape index (κ2) is 9.33. The molecule has 2 amide bonds. The predicted octanol–water partition coefficient (Wildman–Crippen LogP) is 1.29. The van der Waals surface area contributed by atoms with Crippen molar-refractivity contribution in [3.63, 3.8) is 0 Å². The molecule has 1 fully saturated rings. The molecule has 2 aromatic rings. The second-order valence-electron chi connectivity index (χ2n) is 6.87. The third-order valence-electron chi connectivity index (χ3n) is 4.87. The van der Waals surface area contributed by atoms with Crippen molar-refractivity contribution >= 4 is 69.1 Å². The van der Waals surface area contributed by atoms with Gasteiger partial charge >= 0.3 is 5.97 Å². The lowest BCUT2D eigenvalue weighted by molar-refractivity contribution is -0.150. The van der Waals surface area contributed by atoms with E-state index in [4.69, 9.17) is 10.6 Å². The number of allylic oxidation sites excluding steroid dienone is 1. The summed E-state index contributed by atoms with van der Waals surface area (Å²) in [5.41, 5.74) is 8.68. The fourth-order valence-electron chi connectivity index (χ4n) is 3.32. The van der Waals surface area contributed by atoms with Gasteiger partial charge in [0.05, 0.1) is 11.2 Å². The number of aliphatic carboxylic acids is 1. The Morgan fingerprint density at radius 3 is 2.79 bits per heavy atom. The van der Waals surface area contributed by atoms with Gasteiger partial charge in [0.15, 0.2) is 10.8 Å². The lowest BCUT2D eigenvalue weighted by Gasteiger charge is -2.49. The third kappa shape index (κ3) is 4.36. The zero-order chi connectivity index (χ0) is 23.7. The zero-order valence-corrected chi connectivity index (χ0v) is 19.8. The maximum absolute atomic E-state index is 12.9. The van der Waals surface area contributed by atoms with Crippen LogP contribution in [0.15, 0.2) is 33.4 Å². The molecule has 33 heavy (non-hydrogen) atoms. The fraction of sp³-hybridized carbons (Fsp3) is 0.263. The van der Waals surface area contributed by atoms with Crippen molar-refractivity contribution in [3.05, 3.63) is 44.5 Å². The van der Waals surface area contributed by atoms with Crippen LogP contribution in [-0.4, -0.2) is 67.7 Å². The molecular formula is C19H18N6O5S3. The van der Waals surface area contributed by atoms with E-state index in [0.29, 0.717) is 11.3 Å². The number of nitrogens with one attached hydrogen (secondary N) is 1. The molecule has 0 aliphatic carbocycles. The molecule has 0 saturated carbocycles. The number of hydrogen-bond donors (Lipinski definition) is 3. The molecule has 1 saturated heterocycles. The highest BCUT2D eigenvalue weighted by Gasteiger charge is 2.54. The monoisotopic (exact) mass is 506 g/mol. The molecule has 0 unspecified atom stereocenters. The summed E-state index contributed by atoms with van der Waals surface area (Å²) in [5, 5.41) is 17.4. The van der Waals surface area contributed by atoms with Crippen LogP contribution in [0.25, 0.3) is 6.08 Å². The van der Waals surface area contributed by atoms with Gasteiger partial charge in [-0.15, -0.1) is 34.4 Å². The largest absolute Gasteiger partial charge is 0.477 e. The minimum absolute atomic E-state index is 0.0919. The molecule has 4 rings (SSSR count). The van der Waals surface area contributed by atoms with Crippen LogP contribution in [0.1, 0.15) is 16.3 Å². The van der Waals surface area contributed by atoms with Crippen LogP contribution in [0.3, 0.4) is 0 Å². The molecule has 4 N–H and O–H groups in total. The zero-order valence-electron chi connectivity index (χ0n) is 17.3. The van der Waals surface area contributed by atoms with Crippen molar-refractivity contribution in [1.29, 1.82) is 0 Å². The van der Waals surface area contributed by atoms with Crippen molar-refractivity contribution in [2.75, 3.05) is 18.6 Å². The van der Waals surface area contributed by atoms with Crippen LogP contribution < -0.4 is 11.1 Å². The van der Waals surface area contributed by atoms with Crippen LogP contribution >= 0.6 is 34.4 Å². The number of thiazole rings is 2. The quantitative estimate of drug-likeness (QED) is 0.286. The van der Waals surface area contributed by atoms with Gasteiger partial charge in [-0.05, 0) is 18.6 Å². The number of β-lactam (4-membered cyclic amide) rings is 1. The maximum atomic E-state index is 12.9. The number of oxime groups is 1. The van der Waals surface area contributed by atoms with E-state index in [-0.39, 0.29) is 22.2 Å². The lowest BCUT2D eigenvalue weighted by Crippen LogP contribution is -2.71. The molecule has 2 atom stereocenters. The summed E-state index contributed by atoms with van der Waals surface area (Å²) in [5.74, 6) is -2.04. The molecule has 0 bridgehead atoms. The Labute approximate surface area is 200 Å². The van der Waals surface area contributed by atoms with Crippen molar-refractivity contribution in [2.45, 2.75) is 18.3 Å². The van der Waals surface area contributed by atoms with E-state index < -0.39 is 29.2 Å². The van der Waals surface area contributed by atoms with E-state index in [9.17, 15) is 19.5 Å². The summed E-state index contributed by atoms with van der Waals surface area (Å²) in [6.07, 6.45) is 3.49. The van der Waals surface area contributed by atoms with E-state index in [1.807, 2.05) is 6.92 Å². The number of carboxylic acid groups (broad SMARTS) is 1. The minimum Gasteiger partial charge on any atom is -0.477 e. The van der Waals surface area contributed by atoms with E-state index in [2.05, 4.69) is 20.4 Å². The van der Waals surface area contributed by atoms with Crippen LogP contribution in [-0.2, 0) is 19.2 Å². The number of nitrogen functional groups attached to an aromatic ring is 1. The van der Waals surface area contributed by atoms with Gasteiger partial charge in [0, 0.05) is 16.0 Å².